The number of carbonyl (C=O) groups is 1. The molecule has 0 unspecified atom stereocenters. The minimum absolute atomic E-state index is 0.185. The van der Waals surface area contributed by atoms with Gasteiger partial charge in [-0.05, 0) is 63.4 Å². The highest BCUT2D eigenvalue weighted by atomic mass is 16.5. The second-order valence-corrected chi connectivity index (χ2v) is 6.99. The highest BCUT2D eigenvalue weighted by Gasteiger charge is 2.57. The number of nitrogens with one attached hydrogen (secondary N) is 2. The average molecular weight is 288 g/mol. The van der Waals surface area contributed by atoms with Crippen molar-refractivity contribution >= 4 is 5.91 Å². The summed E-state index contributed by atoms with van der Waals surface area (Å²) in [6.07, 6.45) is 0. The molecule has 1 heterocycles. The standard InChI is InChI=1S/C17H24N2O2/c1-11-5-4-6-12(7-11)21-10-17(2,3)19-16(20)15-13-8-18-9-14(13)15/h4-7,13-15,18H,8-10H2,1-3H3,(H,19,20)/t13-,14+,15+. The van der Waals surface area contributed by atoms with Gasteiger partial charge in [0.1, 0.15) is 12.4 Å². The maximum Gasteiger partial charge on any atom is 0.224 e. The second kappa shape index (κ2) is 5.34. The highest BCUT2D eigenvalue weighted by molar-refractivity contribution is 5.83. The number of hydrogen-bond donors (Lipinski definition) is 2. The molecule has 4 nitrogen and oxygen atoms in total. The summed E-state index contributed by atoms with van der Waals surface area (Å²) < 4.78 is 5.82. The van der Waals surface area contributed by atoms with E-state index in [-0.39, 0.29) is 17.4 Å². The molecule has 0 spiro atoms. The van der Waals surface area contributed by atoms with Gasteiger partial charge in [-0.3, -0.25) is 4.79 Å². The lowest BCUT2D eigenvalue weighted by Crippen LogP contribution is -2.49. The zero-order chi connectivity index (χ0) is 15.0. The number of amides is 1. The Morgan fingerprint density at radius 3 is 2.76 bits per heavy atom. The molecule has 2 aliphatic rings. The van der Waals surface area contributed by atoms with Crippen molar-refractivity contribution in [2.75, 3.05) is 19.7 Å². The summed E-state index contributed by atoms with van der Waals surface area (Å²) in [5, 5.41) is 6.46. The zero-order valence-corrected chi connectivity index (χ0v) is 13.0. The number of hydrogen-bond acceptors (Lipinski definition) is 3. The minimum atomic E-state index is -0.356. The molecule has 2 N–H and O–H groups in total. The van der Waals surface area contributed by atoms with Crippen LogP contribution in [0.15, 0.2) is 24.3 Å². The predicted octanol–water partition coefficient (Wildman–Crippen LogP) is 1.73. The van der Waals surface area contributed by atoms with Gasteiger partial charge in [-0.2, -0.15) is 0 Å². The maximum absolute atomic E-state index is 12.3. The fraction of sp³-hybridized carbons (Fsp3) is 0.588. The lowest BCUT2D eigenvalue weighted by atomic mass is 10.1. The fourth-order valence-electron chi connectivity index (χ4n) is 3.23. The Morgan fingerprint density at radius 1 is 1.38 bits per heavy atom. The first-order chi connectivity index (χ1) is 9.96. The van der Waals surface area contributed by atoms with E-state index in [2.05, 4.69) is 10.6 Å². The monoisotopic (exact) mass is 288 g/mol. The molecule has 114 valence electrons. The molecule has 1 aromatic rings. The largest absolute Gasteiger partial charge is 0.491 e. The quantitative estimate of drug-likeness (QED) is 0.867. The number of carbonyl (C=O) groups excluding carboxylic acids is 1. The van der Waals surface area contributed by atoms with Crippen LogP contribution in [0.5, 0.6) is 5.75 Å². The van der Waals surface area contributed by atoms with Gasteiger partial charge >= 0.3 is 0 Å². The first kappa shape index (κ1) is 14.4. The summed E-state index contributed by atoms with van der Waals surface area (Å²) in [5.74, 6) is 2.36. The molecule has 2 fully saturated rings. The molecule has 0 aromatic heterocycles. The number of benzene rings is 1. The Morgan fingerprint density at radius 2 is 2.10 bits per heavy atom. The van der Waals surface area contributed by atoms with Gasteiger partial charge in [-0.25, -0.2) is 0 Å². The van der Waals surface area contributed by atoms with Crippen molar-refractivity contribution in [2.24, 2.45) is 17.8 Å². The van der Waals surface area contributed by atoms with Gasteiger partial charge in [0.15, 0.2) is 0 Å². The van der Waals surface area contributed by atoms with Crippen LogP contribution < -0.4 is 15.4 Å². The van der Waals surface area contributed by atoms with Crippen molar-refractivity contribution in [1.29, 1.82) is 0 Å². The second-order valence-electron chi connectivity index (χ2n) is 6.99. The lowest BCUT2D eigenvalue weighted by Gasteiger charge is -2.27. The summed E-state index contributed by atoms with van der Waals surface area (Å²) in [6.45, 7) is 8.52. The minimum Gasteiger partial charge on any atom is -0.491 e. The highest BCUT2D eigenvalue weighted by Crippen LogP contribution is 2.48. The van der Waals surface area contributed by atoms with Gasteiger partial charge in [-0.1, -0.05) is 12.1 Å². The topological polar surface area (TPSA) is 50.4 Å². The molecular formula is C17H24N2O2. The normalized spacial score (nSPS) is 27.1. The molecule has 4 heteroatoms. The van der Waals surface area contributed by atoms with Crippen molar-refractivity contribution in [3.8, 4) is 5.75 Å². The Bertz CT molecular complexity index is 531. The van der Waals surface area contributed by atoms with E-state index in [1.54, 1.807) is 0 Å². The number of rotatable bonds is 5. The molecule has 1 saturated carbocycles. The van der Waals surface area contributed by atoms with Crippen molar-refractivity contribution in [3.05, 3.63) is 29.8 Å². The predicted molar refractivity (Wildman–Crippen MR) is 82.2 cm³/mol. The summed E-state index contributed by atoms with van der Waals surface area (Å²) in [4.78, 5) is 12.3. The van der Waals surface area contributed by atoms with Crippen LogP contribution in [0.4, 0.5) is 0 Å². The van der Waals surface area contributed by atoms with E-state index in [1.807, 2.05) is 45.0 Å². The molecule has 0 bridgehead atoms. The Hall–Kier alpha value is -1.55. The molecule has 1 aliphatic heterocycles. The van der Waals surface area contributed by atoms with Gasteiger partial charge in [0, 0.05) is 5.92 Å². The van der Waals surface area contributed by atoms with E-state index in [0.29, 0.717) is 18.4 Å². The van der Waals surface area contributed by atoms with Gasteiger partial charge in [0.05, 0.1) is 5.54 Å². The maximum atomic E-state index is 12.3. The van der Waals surface area contributed by atoms with E-state index in [1.165, 1.54) is 5.56 Å². The molecule has 1 saturated heterocycles. The van der Waals surface area contributed by atoms with E-state index in [0.717, 1.165) is 18.8 Å². The molecule has 21 heavy (non-hydrogen) atoms. The lowest BCUT2D eigenvalue weighted by molar-refractivity contribution is -0.125. The van der Waals surface area contributed by atoms with Crippen LogP contribution in [-0.2, 0) is 4.79 Å². The van der Waals surface area contributed by atoms with E-state index in [4.69, 9.17) is 4.74 Å². The molecule has 1 amide bonds. The van der Waals surface area contributed by atoms with Gasteiger partial charge < -0.3 is 15.4 Å². The summed E-state index contributed by atoms with van der Waals surface area (Å²) in [7, 11) is 0. The zero-order valence-electron chi connectivity index (χ0n) is 13.0. The average Bonchev–Trinajstić information content (AvgIpc) is 2.91. The number of ether oxygens (including phenoxy) is 1. The van der Waals surface area contributed by atoms with Crippen molar-refractivity contribution in [2.45, 2.75) is 26.3 Å². The van der Waals surface area contributed by atoms with Crippen LogP contribution in [0.2, 0.25) is 0 Å². The summed E-state index contributed by atoms with van der Waals surface area (Å²) >= 11 is 0. The first-order valence-corrected chi connectivity index (χ1v) is 7.68. The van der Waals surface area contributed by atoms with Gasteiger partial charge in [-0.15, -0.1) is 0 Å². The van der Waals surface area contributed by atoms with E-state index >= 15 is 0 Å². The first-order valence-electron chi connectivity index (χ1n) is 7.68. The summed E-state index contributed by atoms with van der Waals surface area (Å²) in [5.41, 5.74) is 0.818. The van der Waals surface area contributed by atoms with Crippen LogP contribution in [0, 0.1) is 24.7 Å². The summed E-state index contributed by atoms with van der Waals surface area (Å²) in [6, 6.07) is 7.98. The Labute approximate surface area is 126 Å². The SMILES string of the molecule is Cc1cccc(OCC(C)(C)NC(=O)[C@H]2[C@@H]3CNC[C@@H]32)c1. The molecule has 0 radical (unpaired) electrons. The van der Waals surface area contributed by atoms with Gasteiger partial charge in [0.2, 0.25) is 5.91 Å². The van der Waals surface area contributed by atoms with Gasteiger partial charge in [0.25, 0.3) is 0 Å². The molecule has 1 aliphatic carbocycles. The smallest absolute Gasteiger partial charge is 0.224 e. The van der Waals surface area contributed by atoms with Crippen LogP contribution in [0.1, 0.15) is 19.4 Å². The fourth-order valence-corrected chi connectivity index (χ4v) is 3.23. The molecular weight excluding hydrogens is 264 g/mol. The Balaban J connectivity index is 1.51. The van der Waals surface area contributed by atoms with Crippen LogP contribution in [0.3, 0.4) is 0 Å². The third kappa shape index (κ3) is 3.21. The number of fused-ring (bicyclic) bond motifs is 1. The van der Waals surface area contributed by atoms with Crippen LogP contribution in [-0.4, -0.2) is 31.1 Å². The van der Waals surface area contributed by atoms with E-state index < -0.39 is 0 Å². The number of aryl methyl sites for hydroxylation is 1. The van der Waals surface area contributed by atoms with Crippen molar-refractivity contribution in [1.82, 2.24) is 10.6 Å². The van der Waals surface area contributed by atoms with Crippen LogP contribution in [0.25, 0.3) is 0 Å². The van der Waals surface area contributed by atoms with E-state index in [9.17, 15) is 4.79 Å². The van der Waals surface area contributed by atoms with Crippen molar-refractivity contribution in [3.63, 3.8) is 0 Å². The third-order valence-corrected chi connectivity index (χ3v) is 4.45. The molecule has 1 aromatic carbocycles. The van der Waals surface area contributed by atoms with Crippen LogP contribution >= 0.6 is 0 Å². The molecule has 3 atom stereocenters. The Kier molecular flexibility index (Phi) is 3.66. The number of piperidine rings is 1. The molecule has 3 rings (SSSR count). The van der Waals surface area contributed by atoms with Crippen molar-refractivity contribution < 1.29 is 9.53 Å². The third-order valence-electron chi connectivity index (χ3n) is 4.45.